The fourth-order valence-corrected chi connectivity index (χ4v) is 1.64. The Kier molecular flexibility index (Phi) is 4.44. The summed E-state index contributed by atoms with van der Waals surface area (Å²) in [5, 5.41) is 10.1. The number of nitrogens with zero attached hydrogens (tertiary/aromatic N) is 2. The van der Waals surface area contributed by atoms with Crippen LogP contribution in [0.2, 0.25) is 0 Å². The van der Waals surface area contributed by atoms with Crippen LogP contribution in [-0.2, 0) is 4.65 Å². The Morgan fingerprint density at radius 2 is 1.86 bits per heavy atom. The van der Waals surface area contributed by atoms with Gasteiger partial charge in [0.15, 0.2) is 0 Å². The van der Waals surface area contributed by atoms with Gasteiger partial charge in [0.1, 0.15) is 0 Å². The third-order valence-corrected chi connectivity index (χ3v) is 3.86. The third kappa shape index (κ3) is 3.89. The zero-order valence-corrected chi connectivity index (χ0v) is 13.0. The Hall–Kier alpha value is -1.72. The minimum absolute atomic E-state index is 0.414. The molecule has 2 aromatic heterocycles. The first kappa shape index (κ1) is 15.7. The van der Waals surface area contributed by atoms with Gasteiger partial charge in [-0.1, -0.05) is 6.07 Å². The molecule has 4 nitrogen and oxygen atoms in total. The largest absolute Gasteiger partial charge is 0.427 e. The molecule has 0 saturated heterocycles. The van der Waals surface area contributed by atoms with Gasteiger partial charge in [-0.3, -0.25) is 9.97 Å². The Bertz CT molecular complexity index is 577. The molecule has 0 aliphatic rings. The van der Waals surface area contributed by atoms with Crippen LogP contribution in [0.25, 0.3) is 11.3 Å². The molecule has 0 atom stereocenters. The molecule has 0 spiro atoms. The minimum atomic E-state index is -0.907. The van der Waals surface area contributed by atoms with E-state index in [2.05, 4.69) is 9.97 Å². The first-order valence-electron chi connectivity index (χ1n) is 7.01. The summed E-state index contributed by atoms with van der Waals surface area (Å²) in [5.74, 6) is 0. The first-order valence-corrected chi connectivity index (χ1v) is 7.01. The van der Waals surface area contributed by atoms with Crippen LogP contribution in [0.4, 0.5) is 0 Å². The van der Waals surface area contributed by atoms with E-state index >= 15 is 0 Å². The fraction of sp³-hybridized carbons (Fsp3) is 0.375. The predicted molar refractivity (Wildman–Crippen MR) is 85.7 cm³/mol. The van der Waals surface area contributed by atoms with Gasteiger partial charge >= 0.3 is 7.48 Å². The van der Waals surface area contributed by atoms with Crippen LogP contribution in [-0.4, -0.2) is 33.8 Å². The van der Waals surface area contributed by atoms with E-state index in [0.717, 1.165) is 16.7 Å². The second-order valence-electron chi connectivity index (χ2n) is 6.15. The van der Waals surface area contributed by atoms with Crippen LogP contribution in [0.1, 0.15) is 27.7 Å². The van der Waals surface area contributed by atoms with Crippen molar-refractivity contribution in [2.75, 3.05) is 0 Å². The Labute approximate surface area is 126 Å². The average molecular weight is 284 g/mol. The quantitative estimate of drug-likeness (QED) is 0.849. The van der Waals surface area contributed by atoms with Crippen molar-refractivity contribution >= 4 is 12.9 Å². The van der Waals surface area contributed by atoms with Gasteiger partial charge < -0.3 is 9.76 Å². The van der Waals surface area contributed by atoms with Crippen molar-refractivity contribution in [1.82, 2.24) is 9.97 Å². The van der Waals surface area contributed by atoms with Gasteiger partial charge in [0.05, 0.1) is 16.9 Å². The minimum Gasteiger partial charge on any atom is -0.427 e. The normalized spacial score (nSPS) is 12.2. The molecule has 0 aliphatic carbocycles. The monoisotopic (exact) mass is 284 g/mol. The van der Waals surface area contributed by atoms with Crippen LogP contribution in [0.5, 0.6) is 0 Å². The second-order valence-corrected chi connectivity index (χ2v) is 6.15. The van der Waals surface area contributed by atoms with Crippen LogP contribution in [0.3, 0.4) is 0 Å². The van der Waals surface area contributed by atoms with E-state index in [4.69, 9.17) is 4.65 Å². The highest BCUT2D eigenvalue weighted by molar-refractivity contribution is 6.46. The van der Waals surface area contributed by atoms with Gasteiger partial charge in [0, 0.05) is 24.2 Å². The number of aromatic nitrogens is 2. The maximum atomic E-state index is 10.1. The molecule has 0 aromatic carbocycles. The highest BCUT2D eigenvalue weighted by Crippen LogP contribution is 2.24. The van der Waals surface area contributed by atoms with Crippen molar-refractivity contribution in [2.24, 2.45) is 0 Å². The van der Waals surface area contributed by atoms with Crippen molar-refractivity contribution in [3.63, 3.8) is 0 Å². The molecule has 0 unspecified atom stereocenters. The molecule has 2 rings (SSSR count). The standard InChI is InChI=1S/C16H21BN2O2/c1-15(2,20)16(3,4)21-17-13-7-8-14(19-11-13)12-6-5-9-18-10-12/h5-11,17,20H,1-4H3. The number of hydrogen-bond donors (Lipinski definition) is 1. The average Bonchev–Trinajstić information content (AvgIpc) is 2.45. The lowest BCUT2D eigenvalue weighted by Gasteiger charge is -2.37. The van der Waals surface area contributed by atoms with Gasteiger partial charge in [-0.25, -0.2) is 0 Å². The highest BCUT2D eigenvalue weighted by atomic mass is 16.5. The lowest BCUT2D eigenvalue weighted by molar-refractivity contribution is -0.0893. The summed E-state index contributed by atoms with van der Waals surface area (Å²) in [6, 6.07) is 7.80. The van der Waals surface area contributed by atoms with E-state index in [1.165, 1.54) is 0 Å². The molecular formula is C16H21BN2O2. The maximum Gasteiger partial charge on any atom is 0.311 e. The van der Waals surface area contributed by atoms with E-state index in [1.807, 2.05) is 38.1 Å². The smallest absolute Gasteiger partial charge is 0.311 e. The lowest BCUT2D eigenvalue weighted by atomic mass is 9.83. The maximum absolute atomic E-state index is 10.1. The summed E-state index contributed by atoms with van der Waals surface area (Å²) in [6.07, 6.45) is 5.32. The van der Waals surface area contributed by atoms with Crippen LogP contribution in [0.15, 0.2) is 42.9 Å². The zero-order valence-electron chi connectivity index (χ0n) is 13.0. The Morgan fingerprint density at radius 1 is 1.10 bits per heavy atom. The highest BCUT2D eigenvalue weighted by Gasteiger charge is 2.35. The van der Waals surface area contributed by atoms with E-state index < -0.39 is 11.2 Å². The predicted octanol–water partition coefficient (Wildman–Crippen LogP) is 1.69. The van der Waals surface area contributed by atoms with E-state index in [9.17, 15) is 5.11 Å². The summed E-state index contributed by atoms with van der Waals surface area (Å²) in [7, 11) is 0.414. The Balaban J connectivity index is 2.04. The SMILES string of the molecule is CC(C)(O)C(C)(C)OBc1ccc(-c2cccnc2)nc1. The van der Waals surface area contributed by atoms with Crippen LogP contribution in [0, 0.1) is 0 Å². The molecular weight excluding hydrogens is 263 g/mol. The first-order chi connectivity index (χ1) is 9.79. The van der Waals surface area contributed by atoms with E-state index in [-0.39, 0.29) is 0 Å². The van der Waals surface area contributed by atoms with Gasteiger partial charge in [-0.15, -0.1) is 0 Å². The van der Waals surface area contributed by atoms with Crippen molar-refractivity contribution in [2.45, 2.75) is 38.9 Å². The summed E-state index contributed by atoms with van der Waals surface area (Å²) in [5.41, 5.74) is 1.31. The number of pyridine rings is 2. The molecule has 21 heavy (non-hydrogen) atoms. The third-order valence-electron chi connectivity index (χ3n) is 3.86. The number of aliphatic hydroxyl groups is 1. The molecule has 0 saturated carbocycles. The van der Waals surface area contributed by atoms with E-state index in [1.54, 1.807) is 32.4 Å². The molecule has 2 aromatic rings. The molecule has 5 heteroatoms. The second kappa shape index (κ2) is 5.96. The topological polar surface area (TPSA) is 55.2 Å². The Morgan fingerprint density at radius 3 is 2.38 bits per heavy atom. The molecule has 110 valence electrons. The van der Waals surface area contributed by atoms with Crippen molar-refractivity contribution in [3.05, 3.63) is 42.9 Å². The van der Waals surface area contributed by atoms with Crippen molar-refractivity contribution < 1.29 is 9.76 Å². The fourth-order valence-electron chi connectivity index (χ4n) is 1.64. The van der Waals surface area contributed by atoms with E-state index in [0.29, 0.717) is 7.48 Å². The number of rotatable bonds is 5. The molecule has 0 aliphatic heterocycles. The molecule has 1 N–H and O–H groups in total. The van der Waals surface area contributed by atoms with Crippen LogP contribution >= 0.6 is 0 Å². The molecule has 0 radical (unpaired) electrons. The molecule has 0 bridgehead atoms. The lowest BCUT2D eigenvalue weighted by Crippen LogP contribution is -2.49. The number of hydrogen-bond acceptors (Lipinski definition) is 4. The summed E-state index contributed by atoms with van der Waals surface area (Å²) < 4.78 is 5.82. The zero-order chi connectivity index (χ0) is 15.5. The summed E-state index contributed by atoms with van der Waals surface area (Å²) in [4.78, 5) is 8.52. The summed E-state index contributed by atoms with van der Waals surface area (Å²) >= 11 is 0. The molecule has 0 fully saturated rings. The van der Waals surface area contributed by atoms with Gasteiger partial charge in [-0.05, 0) is 51.4 Å². The van der Waals surface area contributed by atoms with Gasteiger partial charge in [0.2, 0.25) is 0 Å². The molecule has 2 heterocycles. The van der Waals surface area contributed by atoms with Gasteiger partial charge in [0.25, 0.3) is 0 Å². The summed E-state index contributed by atoms with van der Waals surface area (Å²) in [6.45, 7) is 7.25. The van der Waals surface area contributed by atoms with Gasteiger partial charge in [-0.2, -0.15) is 0 Å². The molecule has 0 amide bonds. The van der Waals surface area contributed by atoms with Crippen LogP contribution < -0.4 is 5.46 Å². The van der Waals surface area contributed by atoms with Crippen molar-refractivity contribution in [1.29, 1.82) is 0 Å². The van der Waals surface area contributed by atoms with Crippen molar-refractivity contribution in [3.8, 4) is 11.3 Å².